The second kappa shape index (κ2) is 6.62. The van der Waals surface area contributed by atoms with Crippen molar-refractivity contribution in [2.45, 2.75) is 13.1 Å². The lowest BCUT2D eigenvalue weighted by atomic mass is 10.2. The van der Waals surface area contributed by atoms with Crippen LogP contribution in [0.5, 0.6) is 0 Å². The molecule has 7 heteroatoms. The molecule has 1 amide bonds. The second-order valence-corrected chi connectivity index (χ2v) is 7.26. The summed E-state index contributed by atoms with van der Waals surface area (Å²) >= 11 is 1.70. The van der Waals surface area contributed by atoms with E-state index >= 15 is 0 Å². The summed E-state index contributed by atoms with van der Waals surface area (Å²) in [6.07, 6.45) is 0. The number of aromatic nitrogens is 2. The van der Waals surface area contributed by atoms with Crippen molar-refractivity contribution in [1.29, 1.82) is 0 Å². The number of thiophene rings is 1. The zero-order valence-corrected chi connectivity index (χ0v) is 14.7. The Morgan fingerprint density at radius 1 is 1.25 bits per heavy atom. The van der Waals surface area contributed by atoms with E-state index in [2.05, 4.69) is 21.3 Å². The van der Waals surface area contributed by atoms with Gasteiger partial charge in [-0.3, -0.25) is 9.36 Å². The van der Waals surface area contributed by atoms with E-state index in [1.807, 2.05) is 20.2 Å². The van der Waals surface area contributed by atoms with Crippen LogP contribution in [-0.4, -0.2) is 34.5 Å². The lowest BCUT2D eigenvalue weighted by Gasteiger charge is -2.06. The van der Waals surface area contributed by atoms with Gasteiger partial charge >= 0.3 is 5.69 Å². The van der Waals surface area contributed by atoms with Gasteiger partial charge in [-0.15, -0.1) is 11.3 Å². The van der Waals surface area contributed by atoms with E-state index < -0.39 is 0 Å². The van der Waals surface area contributed by atoms with Gasteiger partial charge in [0.2, 0.25) is 0 Å². The van der Waals surface area contributed by atoms with Gasteiger partial charge in [-0.2, -0.15) is 0 Å². The molecule has 24 heavy (non-hydrogen) atoms. The maximum Gasteiger partial charge on any atom is 0.326 e. The molecule has 0 aliphatic rings. The Hall–Kier alpha value is -2.38. The smallest absolute Gasteiger partial charge is 0.326 e. The van der Waals surface area contributed by atoms with E-state index in [0.717, 1.165) is 16.9 Å². The highest BCUT2D eigenvalue weighted by molar-refractivity contribution is 7.11. The molecule has 0 aliphatic heterocycles. The summed E-state index contributed by atoms with van der Waals surface area (Å²) in [6, 6.07) is 9.35. The number of rotatable bonds is 5. The standard InChI is InChI=1S/C17H20N4O2S/c1-20(2)10-13-6-5-12(24-13)9-18-16(22)11-4-7-15-14(8-11)19-17(23)21(15)3/h4-8H,9-10H2,1-3H3,(H,18,22)(H,19,23). The molecular weight excluding hydrogens is 324 g/mol. The lowest BCUT2D eigenvalue weighted by molar-refractivity contribution is 0.0951. The summed E-state index contributed by atoms with van der Waals surface area (Å²) in [5, 5.41) is 2.93. The SMILES string of the molecule is CN(C)Cc1ccc(CNC(=O)c2ccc3c(c2)[nH]c(=O)n3C)s1. The highest BCUT2D eigenvalue weighted by Crippen LogP contribution is 2.18. The molecule has 0 bridgehead atoms. The number of hydrogen-bond acceptors (Lipinski definition) is 4. The van der Waals surface area contributed by atoms with Gasteiger partial charge in [-0.05, 0) is 44.4 Å². The van der Waals surface area contributed by atoms with E-state index in [-0.39, 0.29) is 11.6 Å². The van der Waals surface area contributed by atoms with Crippen LogP contribution in [0.2, 0.25) is 0 Å². The van der Waals surface area contributed by atoms with Crippen molar-refractivity contribution in [3.63, 3.8) is 0 Å². The molecule has 1 aromatic carbocycles. The Morgan fingerprint density at radius 3 is 2.75 bits per heavy atom. The van der Waals surface area contributed by atoms with Crippen LogP contribution in [0.3, 0.4) is 0 Å². The van der Waals surface area contributed by atoms with Gasteiger partial charge in [0.05, 0.1) is 17.6 Å². The molecule has 3 aromatic rings. The molecule has 0 saturated heterocycles. The minimum Gasteiger partial charge on any atom is -0.347 e. The Labute approximate surface area is 143 Å². The van der Waals surface area contributed by atoms with E-state index in [1.54, 1.807) is 36.6 Å². The number of benzene rings is 1. The fourth-order valence-electron chi connectivity index (χ4n) is 2.56. The molecule has 2 heterocycles. The molecule has 3 rings (SSSR count). The van der Waals surface area contributed by atoms with Crippen LogP contribution in [0.4, 0.5) is 0 Å². The average Bonchev–Trinajstić information content (AvgIpc) is 3.09. The first-order valence-corrected chi connectivity index (χ1v) is 8.45. The molecule has 0 atom stereocenters. The quantitative estimate of drug-likeness (QED) is 0.743. The minimum atomic E-state index is -0.186. The van der Waals surface area contributed by atoms with Gasteiger partial charge in [-0.1, -0.05) is 0 Å². The van der Waals surface area contributed by atoms with Crippen molar-refractivity contribution < 1.29 is 4.79 Å². The predicted octanol–water partition coefficient (Wildman–Crippen LogP) is 1.92. The Bertz CT molecular complexity index is 936. The Balaban J connectivity index is 1.68. The van der Waals surface area contributed by atoms with Crippen LogP contribution in [0.15, 0.2) is 35.1 Å². The first-order chi connectivity index (χ1) is 11.4. The predicted molar refractivity (Wildman–Crippen MR) is 96.4 cm³/mol. The molecule has 0 saturated carbocycles. The third kappa shape index (κ3) is 3.42. The maximum atomic E-state index is 12.3. The monoisotopic (exact) mass is 344 g/mol. The summed E-state index contributed by atoms with van der Waals surface area (Å²) in [5.74, 6) is -0.149. The van der Waals surface area contributed by atoms with Crippen molar-refractivity contribution in [2.24, 2.45) is 7.05 Å². The number of imidazole rings is 1. The number of hydrogen-bond donors (Lipinski definition) is 2. The van der Waals surface area contributed by atoms with Gasteiger partial charge in [0.15, 0.2) is 0 Å². The van der Waals surface area contributed by atoms with Crippen LogP contribution in [0.25, 0.3) is 11.0 Å². The number of amides is 1. The molecule has 0 spiro atoms. The highest BCUT2D eigenvalue weighted by atomic mass is 32.1. The lowest BCUT2D eigenvalue weighted by Crippen LogP contribution is -2.22. The fourth-order valence-corrected chi connectivity index (χ4v) is 3.64. The number of nitrogens with one attached hydrogen (secondary N) is 2. The van der Waals surface area contributed by atoms with Crippen molar-refractivity contribution >= 4 is 28.3 Å². The minimum absolute atomic E-state index is 0.149. The third-order valence-electron chi connectivity index (χ3n) is 3.78. The molecule has 2 aromatic heterocycles. The van der Waals surface area contributed by atoms with Crippen LogP contribution < -0.4 is 11.0 Å². The number of fused-ring (bicyclic) bond motifs is 1. The topological polar surface area (TPSA) is 70.1 Å². The average molecular weight is 344 g/mol. The highest BCUT2D eigenvalue weighted by Gasteiger charge is 2.10. The molecule has 6 nitrogen and oxygen atoms in total. The number of aromatic amines is 1. The van der Waals surface area contributed by atoms with E-state index in [9.17, 15) is 9.59 Å². The number of H-pyrrole nitrogens is 1. The van der Waals surface area contributed by atoms with Crippen molar-refractivity contribution in [1.82, 2.24) is 19.8 Å². The molecular formula is C17H20N4O2S. The first-order valence-electron chi connectivity index (χ1n) is 7.63. The van der Waals surface area contributed by atoms with Gasteiger partial charge < -0.3 is 15.2 Å². The summed E-state index contributed by atoms with van der Waals surface area (Å²) in [6.45, 7) is 1.40. The van der Waals surface area contributed by atoms with Crippen LogP contribution in [0.1, 0.15) is 20.1 Å². The van der Waals surface area contributed by atoms with E-state index in [4.69, 9.17) is 0 Å². The van der Waals surface area contributed by atoms with Crippen LogP contribution in [0, 0.1) is 0 Å². The molecule has 126 valence electrons. The van der Waals surface area contributed by atoms with Gasteiger partial charge in [0.1, 0.15) is 0 Å². The summed E-state index contributed by atoms with van der Waals surface area (Å²) in [5.41, 5.74) is 1.80. The number of carbonyl (C=O) groups is 1. The first kappa shape index (κ1) is 16.5. The van der Waals surface area contributed by atoms with Crippen molar-refractivity contribution in [3.05, 3.63) is 56.1 Å². The summed E-state index contributed by atoms with van der Waals surface area (Å²) in [4.78, 5) is 31.2. The molecule has 2 N–H and O–H groups in total. The molecule has 0 aliphatic carbocycles. The van der Waals surface area contributed by atoms with Gasteiger partial charge in [-0.25, -0.2) is 4.79 Å². The Morgan fingerprint density at radius 2 is 2.00 bits per heavy atom. The third-order valence-corrected chi connectivity index (χ3v) is 4.85. The second-order valence-electron chi connectivity index (χ2n) is 6.01. The number of carbonyl (C=O) groups excluding carboxylic acids is 1. The summed E-state index contributed by atoms with van der Waals surface area (Å²) < 4.78 is 1.52. The zero-order chi connectivity index (χ0) is 17.3. The van der Waals surface area contributed by atoms with Crippen LogP contribution >= 0.6 is 11.3 Å². The Kier molecular flexibility index (Phi) is 4.55. The molecule has 0 unspecified atom stereocenters. The zero-order valence-electron chi connectivity index (χ0n) is 13.9. The van der Waals surface area contributed by atoms with Crippen LogP contribution in [-0.2, 0) is 20.1 Å². The van der Waals surface area contributed by atoms with Gasteiger partial charge in [0, 0.05) is 28.9 Å². The summed E-state index contributed by atoms with van der Waals surface area (Å²) in [7, 11) is 5.76. The van der Waals surface area contributed by atoms with E-state index in [1.165, 1.54) is 9.44 Å². The normalized spacial score (nSPS) is 11.3. The number of nitrogens with zero attached hydrogens (tertiary/aromatic N) is 2. The van der Waals surface area contributed by atoms with E-state index in [0.29, 0.717) is 17.6 Å². The molecule has 0 fully saturated rings. The van der Waals surface area contributed by atoms with Gasteiger partial charge in [0.25, 0.3) is 5.91 Å². The largest absolute Gasteiger partial charge is 0.347 e. The fraction of sp³-hybridized carbons (Fsp3) is 0.294. The number of aryl methyl sites for hydroxylation is 1. The van der Waals surface area contributed by atoms with Crippen molar-refractivity contribution in [2.75, 3.05) is 14.1 Å². The maximum absolute atomic E-state index is 12.3. The van der Waals surface area contributed by atoms with Crippen molar-refractivity contribution in [3.8, 4) is 0 Å². The molecule has 0 radical (unpaired) electrons.